The van der Waals surface area contributed by atoms with Crippen molar-refractivity contribution >= 4 is 21.6 Å². The van der Waals surface area contributed by atoms with E-state index < -0.39 is 6.23 Å². The van der Waals surface area contributed by atoms with Crippen molar-refractivity contribution in [1.29, 1.82) is 0 Å². The highest BCUT2D eigenvalue weighted by atomic mass is 79.9. The van der Waals surface area contributed by atoms with Crippen molar-refractivity contribution in [3.63, 3.8) is 0 Å². The van der Waals surface area contributed by atoms with Gasteiger partial charge < -0.3 is 15.2 Å². The molecule has 1 heterocycles. The van der Waals surface area contributed by atoms with E-state index in [4.69, 9.17) is 4.74 Å². The summed E-state index contributed by atoms with van der Waals surface area (Å²) in [7, 11) is 0. The van der Waals surface area contributed by atoms with Crippen LogP contribution >= 0.6 is 15.9 Å². The number of ether oxygens (including phenoxy) is 1. The topological polar surface area (TPSA) is 41.5 Å². The molecule has 2 aromatic rings. The molecule has 1 atom stereocenters. The van der Waals surface area contributed by atoms with Gasteiger partial charge in [-0.05, 0) is 40.7 Å². The molecular formula is C21H26BrNO2. The molecule has 3 rings (SSSR count). The quantitative estimate of drug-likeness (QED) is 0.590. The van der Waals surface area contributed by atoms with Crippen LogP contribution in [0.15, 0.2) is 34.8 Å². The minimum absolute atomic E-state index is 0.0404. The molecule has 2 aromatic carbocycles. The van der Waals surface area contributed by atoms with Gasteiger partial charge in [-0.15, -0.1) is 0 Å². The summed E-state index contributed by atoms with van der Waals surface area (Å²) in [6.07, 6.45) is -0.399. The van der Waals surface area contributed by atoms with Gasteiger partial charge in [0.05, 0.1) is 11.3 Å². The molecule has 0 aromatic heterocycles. The predicted molar refractivity (Wildman–Crippen MR) is 107 cm³/mol. The Morgan fingerprint density at radius 3 is 2.28 bits per heavy atom. The van der Waals surface area contributed by atoms with Crippen LogP contribution in [0.3, 0.4) is 0 Å². The molecule has 0 bridgehead atoms. The maximum Gasteiger partial charge on any atom is 0.200 e. The van der Waals surface area contributed by atoms with Crippen LogP contribution < -0.4 is 10.1 Å². The fourth-order valence-corrected chi connectivity index (χ4v) is 3.40. The van der Waals surface area contributed by atoms with Gasteiger partial charge in [0.2, 0.25) is 0 Å². The van der Waals surface area contributed by atoms with E-state index in [1.165, 1.54) is 11.1 Å². The lowest BCUT2D eigenvalue weighted by molar-refractivity contribution is 0.248. The number of benzene rings is 2. The molecule has 0 saturated carbocycles. The van der Waals surface area contributed by atoms with Gasteiger partial charge in [-0.25, -0.2) is 0 Å². The van der Waals surface area contributed by atoms with Gasteiger partial charge in [-0.2, -0.15) is 0 Å². The summed E-state index contributed by atoms with van der Waals surface area (Å²) >= 11 is 3.47. The molecule has 3 nitrogen and oxygen atoms in total. The number of hydrogen-bond acceptors (Lipinski definition) is 3. The lowest BCUT2D eigenvalue weighted by atomic mass is 9.80. The monoisotopic (exact) mass is 403 g/mol. The second-order valence-corrected chi connectivity index (χ2v) is 9.66. The molecular weight excluding hydrogens is 378 g/mol. The first-order valence-corrected chi connectivity index (χ1v) is 9.37. The van der Waals surface area contributed by atoms with Crippen molar-refractivity contribution in [3.05, 3.63) is 51.5 Å². The molecule has 0 saturated heterocycles. The Labute approximate surface area is 158 Å². The van der Waals surface area contributed by atoms with Gasteiger partial charge in [-0.3, -0.25) is 0 Å². The fraction of sp³-hybridized carbons (Fsp3) is 0.429. The number of hydrogen-bond donors (Lipinski definition) is 2. The predicted octanol–water partition coefficient (Wildman–Crippen LogP) is 6.25. The van der Waals surface area contributed by atoms with Crippen molar-refractivity contribution in [1.82, 2.24) is 0 Å². The molecule has 0 amide bonds. The van der Waals surface area contributed by atoms with Gasteiger partial charge in [-0.1, -0.05) is 63.5 Å². The van der Waals surface area contributed by atoms with E-state index in [1.54, 1.807) is 6.07 Å². The van der Waals surface area contributed by atoms with Gasteiger partial charge in [0.1, 0.15) is 11.5 Å². The van der Waals surface area contributed by atoms with E-state index in [0.717, 1.165) is 21.5 Å². The van der Waals surface area contributed by atoms with Gasteiger partial charge in [0, 0.05) is 10.0 Å². The van der Waals surface area contributed by atoms with Crippen molar-refractivity contribution in [2.24, 2.45) is 0 Å². The Morgan fingerprint density at radius 1 is 1.00 bits per heavy atom. The van der Waals surface area contributed by atoms with Crippen molar-refractivity contribution in [2.45, 2.75) is 58.6 Å². The number of phenolic OH excluding ortho intramolecular Hbond substituents is 1. The second-order valence-electron chi connectivity index (χ2n) is 8.75. The Kier molecular flexibility index (Phi) is 4.31. The van der Waals surface area contributed by atoms with E-state index >= 15 is 0 Å². The first kappa shape index (κ1) is 18.1. The lowest BCUT2D eigenvalue weighted by Gasteiger charge is -2.26. The standard InChI is InChI=1S/C21H26BrNO2/c1-20(2,3)12-9-15(21(4,5)6)18-16(10-12)23-19(25-18)14-11-13(22)7-8-17(14)24/h7-11,19,23-24H,1-6H3/t19-/m1/s1. The maximum atomic E-state index is 10.2. The van der Waals surface area contributed by atoms with Crippen LogP contribution in [-0.2, 0) is 10.8 Å². The molecule has 0 spiro atoms. The van der Waals surface area contributed by atoms with Crippen LogP contribution in [0, 0.1) is 0 Å². The molecule has 0 unspecified atom stereocenters. The fourth-order valence-electron chi connectivity index (χ4n) is 3.02. The molecule has 134 valence electrons. The first-order valence-electron chi connectivity index (χ1n) is 8.57. The highest BCUT2D eigenvalue weighted by molar-refractivity contribution is 9.10. The maximum absolute atomic E-state index is 10.2. The van der Waals surface area contributed by atoms with Crippen LogP contribution in [0.2, 0.25) is 0 Å². The highest BCUT2D eigenvalue weighted by Gasteiger charge is 2.33. The average Bonchev–Trinajstić information content (AvgIpc) is 2.90. The molecule has 0 aliphatic carbocycles. The Bertz CT molecular complexity index is 816. The first-order chi connectivity index (χ1) is 11.5. The number of nitrogens with one attached hydrogen (secondary N) is 1. The average molecular weight is 404 g/mol. The van der Waals surface area contributed by atoms with E-state index in [1.807, 2.05) is 12.1 Å². The Balaban J connectivity index is 2.09. The molecule has 0 fully saturated rings. The van der Waals surface area contributed by atoms with Gasteiger partial charge >= 0.3 is 0 Å². The SMILES string of the molecule is CC(C)(C)c1cc2c(c(C(C)(C)C)c1)O[C@H](c1cc(Br)ccc1O)N2. The van der Waals surface area contributed by atoms with Gasteiger partial charge in [0.25, 0.3) is 0 Å². The zero-order chi connectivity index (χ0) is 18.6. The van der Waals surface area contributed by atoms with E-state index in [2.05, 4.69) is 74.9 Å². The second kappa shape index (κ2) is 5.94. The summed E-state index contributed by atoms with van der Waals surface area (Å²) in [5.74, 6) is 1.10. The number of halogens is 1. The van der Waals surface area contributed by atoms with Gasteiger partial charge in [0.15, 0.2) is 6.23 Å². The van der Waals surface area contributed by atoms with Crippen LogP contribution in [0.5, 0.6) is 11.5 Å². The summed E-state index contributed by atoms with van der Waals surface area (Å²) in [4.78, 5) is 0. The minimum Gasteiger partial charge on any atom is -0.507 e. The summed E-state index contributed by atoms with van der Waals surface area (Å²) in [6.45, 7) is 13.2. The molecule has 4 heteroatoms. The molecule has 25 heavy (non-hydrogen) atoms. The largest absolute Gasteiger partial charge is 0.507 e. The molecule has 2 N–H and O–H groups in total. The zero-order valence-electron chi connectivity index (χ0n) is 15.7. The highest BCUT2D eigenvalue weighted by Crippen LogP contribution is 2.48. The summed E-state index contributed by atoms with van der Waals surface area (Å²) in [5, 5.41) is 13.7. The zero-order valence-corrected chi connectivity index (χ0v) is 17.3. The summed E-state index contributed by atoms with van der Waals surface area (Å²) in [6, 6.07) is 9.81. The van der Waals surface area contributed by atoms with Crippen LogP contribution in [0.25, 0.3) is 0 Å². The number of rotatable bonds is 1. The van der Waals surface area contributed by atoms with Crippen molar-refractivity contribution < 1.29 is 9.84 Å². The third kappa shape index (κ3) is 3.50. The minimum atomic E-state index is -0.399. The number of anilines is 1. The van der Waals surface area contributed by atoms with Crippen molar-refractivity contribution in [2.75, 3.05) is 5.32 Å². The summed E-state index contributed by atoms with van der Waals surface area (Å²) < 4.78 is 7.17. The Morgan fingerprint density at radius 2 is 1.68 bits per heavy atom. The van der Waals surface area contributed by atoms with E-state index in [9.17, 15) is 5.11 Å². The third-order valence-corrected chi connectivity index (χ3v) is 5.05. The number of fused-ring (bicyclic) bond motifs is 1. The molecule has 1 aliphatic rings. The van der Waals surface area contributed by atoms with Crippen molar-refractivity contribution in [3.8, 4) is 11.5 Å². The normalized spacial score (nSPS) is 17.0. The lowest BCUT2D eigenvalue weighted by Crippen LogP contribution is -2.17. The van der Waals surface area contributed by atoms with Crippen LogP contribution in [0.4, 0.5) is 5.69 Å². The summed E-state index contributed by atoms with van der Waals surface area (Å²) in [5.41, 5.74) is 4.17. The number of aromatic hydroxyl groups is 1. The molecule has 0 radical (unpaired) electrons. The van der Waals surface area contributed by atoms with Crippen LogP contribution in [0.1, 0.15) is 64.5 Å². The van der Waals surface area contributed by atoms with E-state index in [-0.39, 0.29) is 16.6 Å². The Hall–Kier alpha value is -1.68. The van der Waals surface area contributed by atoms with E-state index in [0.29, 0.717) is 0 Å². The molecule has 1 aliphatic heterocycles. The number of phenols is 1. The smallest absolute Gasteiger partial charge is 0.200 e. The van der Waals surface area contributed by atoms with Crippen LogP contribution in [-0.4, -0.2) is 5.11 Å². The third-order valence-electron chi connectivity index (χ3n) is 4.56.